The van der Waals surface area contributed by atoms with E-state index in [-0.39, 0.29) is 11.5 Å². The molecule has 3 rings (SSSR count). The Morgan fingerprint density at radius 1 is 0.812 bits per heavy atom. The number of nitrogens with one attached hydrogen (secondary N) is 1. The normalized spacial score (nSPS) is 13.2. The minimum Gasteiger partial charge on any atom is -0.507 e. The van der Waals surface area contributed by atoms with Crippen molar-refractivity contribution in [1.82, 2.24) is 0 Å². The van der Waals surface area contributed by atoms with Crippen LogP contribution in [0.25, 0.3) is 0 Å². The van der Waals surface area contributed by atoms with Crippen molar-refractivity contribution in [3.05, 3.63) is 89.5 Å². The number of aromatic hydroxyl groups is 1. The van der Waals surface area contributed by atoms with Crippen molar-refractivity contribution in [3.63, 3.8) is 0 Å². The smallest absolute Gasteiger partial charge is 0.124 e. The fourth-order valence-electron chi connectivity index (χ4n) is 4.52. The summed E-state index contributed by atoms with van der Waals surface area (Å²) in [7, 11) is -1.78. The van der Waals surface area contributed by atoms with Gasteiger partial charge in [-0.1, -0.05) is 120 Å². The summed E-state index contributed by atoms with van der Waals surface area (Å²) in [4.78, 5) is 0. The maximum Gasteiger partial charge on any atom is 0.124 e. The van der Waals surface area contributed by atoms with Crippen molar-refractivity contribution in [2.75, 3.05) is 5.32 Å². The van der Waals surface area contributed by atoms with Gasteiger partial charge in [-0.2, -0.15) is 0 Å². The minimum absolute atomic E-state index is 0.0269. The summed E-state index contributed by atoms with van der Waals surface area (Å²) in [5.74, 6) is 0.852. The zero-order valence-electron chi connectivity index (χ0n) is 20.7. The molecule has 0 bridgehead atoms. The summed E-state index contributed by atoms with van der Waals surface area (Å²) in [6.07, 6.45) is 0. The SMILES string of the molecule is CC(C)c1ccccc1NC(C[Si](C)(C)c1ccccc1)c1cccc(C(C)(C)C)c1O. The molecule has 0 aliphatic rings. The first-order chi connectivity index (χ1) is 15.0. The molecule has 0 saturated carbocycles. The van der Waals surface area contributed by atoms with Gasteiger partial charge in [0.15, 0.2) is 0 Å². The standard InChI is InChI=1S/C29H39NOSi/c1-21(2)23-16-11-12-19-26(23)30-27(20-32(6,7)22-14-9-8-10-15-22)24-17-13-18-25(28(24)31)29(3,4)5/h8-19,21,27,30-31H,20H2,1-7H3. The highest BCUT2D eigenvalue weighted by Crippen LogP contribution is 2.40. The Morgan fingerprint density at radius 3 is 2.03 bits per heavy atom. The molecule has 2 N–H and O–H groups in total. The largest absolute Gasteiger partial charge is 0.507 e. The molecule has 0 amide bonds. The molecule has 0 radical (unpaired) electrons. The lowest BCUT2D eigenvalue weighted by atomic mass is 9.84. The molecule has 0 fully saturated rings. The van der Waals surface area contributed by atoms with Crippen LogP contribution in [0.3, 0.4) is 0 Å². The van der Waals surface area contributed by atoms with Crippen molar-refractivity contribution in [2.45, 2.75) is 71.1 Å². The number of hydrogen-bond donors (Lipinski definition) is 2. The van der Waals surface area contributed by atoms with E-state index in [0.29, 0.717) is 11.7 Å². The Labute approximate surface area is 195 Å². The first-order valence-corrected chi connectivity index (χ1v) is 14.9. The van der Waals surface area contributed by atoms with Crippen molar-refractivity contribution >= 4 is 18.9 Å². The van der Waals surface area contributed by atoms with Crippen LogP contribution in [0, 0.1) is 0 Å². The lowest BCUT2D eigenvalue weighted by molar-refractivity contribution is 0.438. The monoisotopic (exact) mass is 445 g/mol. The summed E-state index contributed by atoms with van der Waals surface area (Å²) in [5, 5.41) is 16.7. The van der Waals surface area contributed by atoms with Crippen LogP contribution >= 0.6 is 0 Å². The molecule has 32 heavy (non-hydrogen) atoms. The van der Waals surface area contributed by atoms with Crippen molar-refractivity contribution < 1.29 is 5.11 Å². The average Bonchev–Trinajstić information content (AvgIpc) is 2.73. The maximum atomic E-state index is 11.4. The van der Waals surface area contributed by atoms with Gasteiger partial charge in [0.2, 0.25) is 0 Å². The van der Waals surface area contributed by atoms with Crippen LogP contribution in [0.5, 0.6) is 5.75 Å². The van der Waals surface area contributed by atoms with E-state index in [4.69, 9.17) is 0 Å². The van der Waals surface area contributed by atoms with E-state index in [9.17, 15) is 5.11 Å². The van der Waals surface area contributed by atoms with E-state index in [0.717, 1.165) is 22.9 Å². The summed E-state index contributed by atoms with van der Waals surface area (Å²) in [6.45, 7) is 15.8. The van der Waals surface area contributed by atoms with E-state index >= 15 is 0 Å². The van der Waals surface area contributed by atoms with Crippen molar-refractivity contribution in [1.29, 1.82) is 0 Å². The average molecular weight is 446 g/mol. The first kappa shape index (κ1) is 24.1. The molecular weight excluding hydrogens is 406 g/mol. The molecule has 3 heteroatoms. The van der Waals surface area contributed by atoms with E-state index in [1.807, 2.05) is 0 Å². The lowest BCUT2D eigenvalue weighted by Crippen LogP contribution is -2.43. The highest BCUT2D eigenvalue weighted by atomic mass is 28.3. The van der Waals surface area contributed by atoms with E-state index in [1.54, 1.807) is 0 Å². The third-order valence-corrected chi connectivity index (χ3v) is 9.76. The predicted molar refractivity (Wildman–Crippen MR) is 142 cm³/mol. The van der Waals surface area contributed by atoms with Crippen LogP contribution in [0.15, 0.2) is 72.8 Å². The summed E-state index contributed by atoms with van der Waals surface area (Å²) < 4.78 is 0. The highest BCUT2D eigenvalue weighted by Gasteiger charge is 2.31. The summed E-state index contributed by atoms with van der Waals surface area (Å²) >= 11 is 0. The topological polar surface area (TPSA) is 32.3 Å². The third-order valence-electron chi connectivity index (χ3n) is 6.43. The summed E-state index contributed by atoms with van der Waals surface area (Å²) in [6, 6.07) is 26.7. The Hall–Kier alpha value is -2.52. The number of rotatable bonds is 7. The van der Waals surface area contributed by atoms with E-state index in [2.05, 4.69) is 126 Å². The molecule has 3 aromatic carbocycles. The zero-order valence-corrected chi connectivity index (χ0v) is 21.7. The van der Waals surface area contributed by atoms with E-state index < -0.39 is 8.07 Å². The molecule has 0 aliphatic heterocycles. The second-order valence-corrected chi connectivity index (χ2v) is 15.6. The van der Waals surface area contributed by atoms with Gasteiger partial charge in [0.25, 0.3) is 0 Å². The Kier molecular flexibility index (Phi) is 7.19. The molecule has 0 spiro atoms. The Morgan fingerprint density at radius 2 is 1.41 bits per heavy atom. The zero-order chi connectivity index (χ0) is 23.5. The van der Waals surface area contributed by atoms with Gasteiger partial charge in [0, 0.05) is 11.3 Å². The Balaban J connectivity index is 2.09. The number of hydrogen-bond acceptors (Lipinski definition) is 2. The van der Waals surface area contributed by atoms with Crippen LogP contribution in [0.4, 0.5) is 5.69 Å². The van der Waals surface area contributed by atoms with Gasteiger partial charge >= 0.3 is 0 Å². The van der Waals surface area contributed by atoms with E-state index in [1.165, 1.54) is 10.8 Å². The van der Waals surface area contributed by atoms with Crippen LogP contribution in [0.1, 0.15) is 63.3 Å². The summed E-state index contributed by atoms with van der Waals surface area (Å²) in [5.41, 5.74) is 4.34. The molecule has 0 heterocycles. The molecule has 0 aliphatic carbocycles. The molecular formula is C29H39NOSi. The van der Waals surface area contributed by atoms with Crippen LogP contribution in [-0.4, -0.2) is 13.2 Å². The third kappa shape index (κ3) is 5.45. The predicted octanol–water partition coefficient (Wildman–Crippen LogP) is 7.58. The van der Waals surface area contributed by atoms with Gasteiger partial charge in [0.05, 0.1) is 14.1 Å². The number of phenolic OH excluding ortho intramolecular Hbond substituents is 1. The fraction of sp³-hybridized carbons (Fsp3) is 0.379. The van der Waals surface area contributed by atoms with Crippen molar-refractivity contribution in [2.24, 2.45) is 0 Å². The second kappa shape index (κ2) is 9.54. The molecule has 1 atom stereocenters. The highest BCUT2D eigenvalue weighted by molar-refractivity contribution is 6.89. The van der Waals surface area contributed by atoms with Gasteiger partial charge in [-0.25, -0.2) is 0 Å². The molecule has 170 valence electrons. The molecule has 0 aromatic heterocycles. The van der Waals surface area contributed by atoms with Gasteiger partial charge < -0.3 is 10.4 Å². The molecule has 0 saturated heterocycles. The number of para-hydroxylation sites is 2. The van der Waals surface area contributed by atoms with Crippen LogP contribution < -0.4 is 10.5 Å². The molecule has 3 aromatic rings. The lowest BCUT2D eigenvalue weighted by Gasteiger charge is -2.32. The number of benzene rings is 3. The molecule has 1 unspecified atom stereocenters. The Bertz CT molecular complexity index is 1030. The number of phenols is 1. The molecule has 2 nitrogen and oxygen atoms in total. The van der Waals surface area contributed by atoms with Crippen LogP contribution in [0.2, 0.25) is 19.1 Å². The fourth-order valence-corrected chi connectivity index (χ4v) is 7.20. The van der Waals surface area contributed by atoms with Gasteiger partial charge in [-0.3, -0.25) is 0 Å². The van der Waals surface area contributed by atoms with Gasteiger partial charge in [-0.15, -0.1) is 0 Å². The van der Waals surface area contributed by atoms with Crippen molar-refractivity contribution in [3.8, 4) is 5.75 Å². The second-order valence-electron chi connectivity index (χ2n) is 10.9. The van der Waals surface area contributed by atoms with Gasteiger partial charge in [0.1, 0.15) is 5.75 Å². The number of anilines is 1. The maximum absolute atomic E-state index is 11.4. The quantitative estimate of drug-likeness (QED) is 0.367. The van der Waals surface area contributed by atoms with Gasteiger partial charge in [-0.05, 0) is 34.6 Å². The van der Waals surface area contributed by atoms with Crippen LogP contribution in [-0.2, 0) is 5.41 Å². The first-order valence-electron chi connectivity index (χ1n) is 11.7. The minimum atomic E-state index is -1.78.